The molecular formula is C19H25ClN6O. The molecule has 1 fully saturated rings. The third-order valence-corrected chi connectivity index (χ3v) is 4.95. The van der Waals surface area contributed by atoms with Gasteiger partial charge >= 0.3 is 0 Å². The number of halogens is 1. The van der Waals surface area contributed by atoms with Gasteiger partial charge in [-0.1, -0.05) is 23.7 Å². The maximum Gasteiger partial charge on any atom is 0.227 e. The first-order chi connectivity index (χ1) is 13.1. The number of carbonyl (C=O) groups excluding carboxylic acids is 1. The SMILES string of the molecule is CN=C(NCc1nccn1C)N1CCN(C(=O)Cc2cccc(Cl)c2)CC1. The second-order valence-corrected chi connectivity index (χ2v) is 6.97. The number of amides is 1. The lowest BCUT2D eigenvalue weighted by atomic mass is 10.1. The standard InChI is InChI=1S/C19H25ClN6O/c1-21-19(23-14-17-22-6-7-24(17)2)26-10-8-25(9-11-26)18(27)13-15-4-3-5-16(20)12-15/h3-7,12H,8-11,13-14H2,1-2H3,(H,21,23). The van der Waals surface area contributed by atoms with E-state index < -0.39 is 0 Å². The van der Waals surface area contributed by atoms with Gasteiger partial charge in [0.2, 0.25) is 5.91 Å². The first kappa shape index (κ1) is 19.2. The lowest BCUT2D eigenvalue weighted by molar-refractivity contribution is -0.131. The van der Waals surface area contributed by atoms with Gasteiger partial charge in [0.25, 0.3) is 0 Å². The Hall–Kier alpha value is -2.54. The van der Waals surface area contributed by atoms with Gasteiger partial charge < -0.3 is 19.7 Å². The highest BCUT2D eigenvalue weighted by Gasteiger charge is 2.23. The van der Waals surface area contributed by atoms with Crippen molar-refractivity contribution >= 4 is 23.5 Å². The van der Waals surface area contributed by atoms with Crippen LogP contribution >= 0.6 is 11.6 Å². The Balaban J connectivity index is 1.49. The molecule has 0 unspecified atom stereocenters. The van der Waals surface area contributed by atoms with Crippen molar-refractivity contribution in [3.63, 3.8) is 0 Å². The van der Waals surface area contributed by atoms with Crippen molar-refractivity contribution in [2.45, 2.75) is 13.0 Å². The van der Waals surface area contributed by atoms with Crippen LogP contribution in [-0.4, -0.2) is 64.4 Å². The Bertz CT molecular complexity index is 810. The molecule has 0 saturated carbocycles. The molecule has 2 heterocycles. The summed E-state index contributed by atoms with van der Waals surface area (Å²) < 4.78 is 1.98. The maximum absolute atomic E-state index is 12.6. The number of rotatable bonds is 4. The van der Waals surface area contributed by atoms with E-state index in [0.29, 0.717) is 31.1 Å². The van der Waals surface area contributed by atoms with E-state index >= 15 is 0 Å². The number of hydrogen-bond donors (Lipinski definition) is 1. The summed E-state index contributed by atoms with van der Waals surface area (Å²) in [6.45, 7) is 3.48. The van der Waals surface area contributed by atoms with Gasteiger partial charge in [-0.15, -0.1) is 0 Å². The van der Waals surface area contributed by atoms with E-state index in [0.717, 1.165) is 30.4 Å². The molecule has 27 heavy (non-hydrogen) atoms. The van der Waals surface area contributed by atoms with E-state index in [9.17, 15) is 4.79 Å². The van der Waals surface area contributed by atoms with Crippen LogP contribution < -0.4 is 5.32 Å². The summed E-state index contributed by atoms with van der Waals surface area (Å²) in [5, 5.41) is 4.01. The maximum atomic E-state index is 12.6. The van der Waals surface area contributed by atoms with Crippen molar-refractivity contribution < 1.29 is 4.79 Å². The summed E-state index contributed by atoms with van der Waals surface area (Å²) in [6.07, 6.45) is 4.08. The molecule has 8 heteroatoms. The molecule has 0 radical (unpaired) electrons. The van der Waals surface area contributed by atoms with E-state index in [-0.39, 0.29) is 5.91 Å². The fourth-order valence-electron chi connectivity index (χ4n) is 3.16. The Morgan fingerprint density at radius 3 is 2.63 bits per heavy atom. The molecule has 2 aromatic rings. The number of nitrogens with zero attached hydrogens (tertiary/aromatic N) is 5. The molecule has 144 valence electrons. The number of carbonyl (C=O) groups is 1. The number of hydrogen-bond acceptors (Lipinski definition) is 3. The van der Waals surface area contributed by atoms with Crippen LogP contribution in [0.2, 0.25) is 5.02 Å². The number of aromatic nitrogens is 2. The van der Waals surface area contributed by atoms with Crippen molar-refractivity contribution in [3.8, 4) is 0 Å². The monoisotopic (exact) mass is 388 g/mol. The zero-order valence-corrected chi connectivity index (χ0v) is 16.5. The van der Waals surface area contributed by atoms with Gasteiger partial charge in [0, 0.05) is 57.7 Å². The molecule has 0 bridgehead atoms. The third kappa shape index (κ3) is 5.01. The summed E-state index contributed by atoms with van der Waals surface area (Å²) in [4.78, 5) is 25.3. The van der Waals surface area contributed by atoms with Crippen LogP contribution in [0.4, 0.5) is 0 Å². The molecule has 1 aliphatic heterocycles. The average Bonchev–Trinajstić information content (AvgIpc) is 3.08. The number of guanidine groups is 1. The van der Waals surface area contributed by atoms with Gasteiger partial charge in [-0.3, -0.25) is 9.79 Å². The number of aryl methyl sites for hydroxylation is 1. The largest absolute Gasteiger partial charge is 0.349 e. The molecule has 0 aliphatic carbocycles. The molecule has 1 aromatic carbocycles. The van der Waals surface area contributed by atoms with Gasteiger partial charge in [-0.25, -0.2) is 4.98 Å². The highest BCUT2D eigenvalue weighted by atomic mass is 35.5. The fourth-order valence-corrected chi connectivity index (χ4v) is 3.37. The lowest BCUT2D eigenvalue weighted by Gasteiger charge is -2.36. The van der Waals surface area contributed by atoms with Gasteiger partial charge in [0.05, 0.1) is 13.0 Å². The highest BCUT2D eigenvalue weighted by Crippen LogP contribution is 2.13. The van der Waals surface area contributed by atoms with E-state index in [1.807, 2.05) is 47.0 Å². The highest BCUT2D eigenvalue weighted by molar-refractivity contribution is 6.30. The molecule has 1 saturated heterocycles. The van der Waals surface area contributed by atoms with Crippen molar-refractivity contribution in [2.24, 2.45) is 12.0 Å². The minimum Gasteiger partial charge on any atom is -0.349 e. The quantitative estimate of drug-likeness (QED) is 0.637. The van der Waals surface area contributed by atoms with Gasteiger partial charge in [-0.05, 0) is 17.7 Å². The van der Waals surface area contributed by atoms with Crippen molar-refractivity contribution in [1.29, 1.82) is 0 Å². The zero-order chi connectivity index (χ0) is 19.2. The Labute approximate surface area is 164 Å². The summed E-state index contributed by atoms with van der Waals surface area (Å²) in [6, 6.07) is 7.47. The van der Waals surface area contributed by atoms with E-state index in [2.05, 4.69) is 20.2 Å². The summed E-state index contributed by atoms with van der Waals surface area (Å²) >= 11 is 6.00. The first-order valence-corrected chi connectivity index (χ1v) is 9.38. The minimum atomic E-state index is 0.132. The number of piperazine rings is 1. The van der Waals surface area contributed by atoms with Crippen molar-refractivity contribution in [1.82, 2.24) is 24.7 Å². The Morgan fingerprint density at radius 2 is 2.00 bits per heavy atom. The normalized spacial score (nSPS) is 15.1. The fraction of sp³-hybridized carbons (Fsp3) is 0.421. The van der Waals surface area contributed by atoms with Gasteiger partial charge in [0.15, 0.2) is 5.96 Å². The smallest absolute Gasteiger partial charge is 0.227 e. The molecule has 3 rings (SSSR count). The van der Waals surface area contributed by atoms with Crippen molar-refractivity contribution in [3.05, 3.63) is 53.1 Å². The van der Waals surface area contributed by atoms with Crippen LogP contribution in [0.1, 0.15) is 11.4 Å². The molecule has 1 N–H and O–H groups in total. The second-order valence-electron chi connectivity index (χ2n) is 6.53. The number of benzene rings is 1. The lowest BCUT2D eigenvalue weighted by Crippen LogP contribution is -2.54. The van der Waals surface area contributed by atoms with Crippen LogP contribution in [0, 0.1) is 0 Å². The predicted molar refractivity (Wildman–Crippen MR) is 107 cm³/mol. The molecule has 0 atom stereocenters. The average molecular weight is 389 g/mol. The zero-order valence-electron chi connectivity index (χ0n) is 15.7. The molecule has 7 nitrogen and oxygen atoms in total. The van der Waals surface area contributed by atoms with Crippen LogP contribution in [0.25, 0.3) is 0 Å². The van der Waals surface area contributed by atoms with Gasteiger partial charge in [0.1, 0.15) is 5.82 Å². The number of imidazole rings is 1. The summed E-state index contributed by atoms with van der Waals surface area (Å²) in [7, 11) is 3.74. The van der Waals surface area contributed by atoms with Crippen LogP contribution in [0.3, 0.4) is 0 Å². The van der Waals surface area contributed by atoms with Crippen LogP contribution in [-0.2, 0) is 24.8 Å². The molecule has 0 spiro atoms. The summed E-state index contributed by atoms with van der Waals surface area (Å²) in [5.74, 6) is 1.92. The molecular weight excluding hydrogens is 364 g/mol. The minimum absolute atomic E-state index is 0.132. The van der Waals surface area contributed by atoms with E-state index in [1.54, 1.807) is 13.2 Å². The van der Waals surface area contributed by atoms with E-state index in [4.69, 9.17) is 11.6 Å². The second kappa shape index (κ2) is 8.90. The Morgan fingerprint density at radius 1 is 1.26 bits per heavy atom. The number of aliphatic imine (C=N–C) groups is 1. The molecule has 1 aliphatic rings. The Kier molecular flexibility index (Phi) is 6.34. The number of nitrogens with one attached hydrogen (secondary N) is 1. The predicted octanol–water partition coefficient (Wildman–Crippen LogP) is 1.54. The first-order valence-electron chi connectivity index (χ1n) is 9.01. The van der Waals surface area contributed by atoms with Crippen LogP contribution in [0.5, 0.6) is 0 Å². The molecule has 1 aromatic heterocycles. The van der Waals surface area contributed by atoms with E-state index in [1.165, 1.54) is 0 Å². The third-order valence-electron chi connectivity index (χ3n) is 4.71. The van der Waals surface area contributed by atoms with Crippen LogP contribution in [0.15, 0.2) is 41.7 Å². The summed E-state index contributed by atoms with van der Waals surface area (Å²) in [5.41, 5.74) is 0.947. The van der Waals surface area contributed by atoms with Gasteiger partial charge in [-0.2, -0.15) is 0 Å². The molecule has 1 amide bonds. The van der Waals surface area contributed by atoms with Crippen molar-refractivity contribution in [2.75, 3.05) is 33.2 Å². The topological polar surface area (TPSA) is 65.8 Å².